The lowest BCUT2D eigenvalue weighted by Gasteiger charge is -2.15. The molecule has 3 aromatic rings. The van der Waals surface area contributed by atoms with Crippen molar-refractivity contribution in [3.63, 3.8) is 0 Å². The van der Waals surface area contributed by atoms with Crippen LogP contribution < -0.4 is 15.4 Å². The number of nitrogens with zero attached hydrogens (tertiary/aromatic N) is 3. The zero-order chi connectivity index (χ0) is 21.1. The van der Waals surface area contributed by atoms with E-state index in [1.165, 1.54) is 36.4 Å². The molecule has 0 atom stereocenters. The summed E-state index contributed by atoms with van der Waals surface area (Å²) < 4.78 is 5.98. The van der Waals surface area contributed by atoms with E-state index in [2.05, 4.69) is 60.8 Å². The van der Waals surface area contributed by atoms with Gasteiger partial charge in [0.25, 0.3) is 5.69 Å². The van der Waals surface area contributed by atoms with Gasteiger partial charge in [0.2, 0.25) is 5.95 Å². The number of nitro groups is 1. The molecular formula is C21H18BrN5O3. The average Bonchev–Trinajstić information content (AvgIpc) is 2.76. The Labute approximate surface area is 181 Å². The molecule has 0 saturated heterocycles. The monoisotopic (exact) mass is 467 g/mol. The number of aromatic nitrogens is 2. The molecule has 9 heteroatoms. The number of aryl methyl sites for hydroxylation is 1. The minimum atomic E-state index is -0.467. The van der Waals surface area contributed by atoms with Gasteiger partial charge in [-0.15, -0.1) is 0 Å². The van der Waals surface area contributed by atoms with Crippen LogP contribution in [0.1, 0.15) is 17.5 Å². The van der Waals surface area contributed by atoms with Crippen molar-refractivity contribution in [1.29, 1.82) is 0 Å². The average molecular weight is 468 g/mol. The third-order valence-electron chi connectivity index (χ3n) is 4.67. The van der Waals surface area contributed by atoms with Crippen LogP contribution in [0.2, 0.25) is 0 Å². The van der Waals surface area contributed by atoms with Crippen molar-refractivity contribution in [2.24, 2.45) is 0 Å². The van der Waals surface area contributed by atoms with Gasteiger partial charge < -0.3 is 15.4 Å². The maximum absolute atomic E-state index is 11.1. The van der Waals surface area contributed by atoms with Crippen molar-refractivity contribution in [2.75, 3.05) is 17.7 Å². The van der Waals surface area contributed by atoms with Gasteiger partial charge in [-0.05, 0) is 58.1 Å². The van der Waals surface area contributed by atoms with Crippen LogP contribution in [0.25, 0.3) is 6.08 Å². The minimum Gasteiger partial charge on any atom is -0.495 e. The second-order valence-corrected chi connectivity index (χ2v) is 7.49. The molecule has 2 N–H and O–H groups in total. The van der Waals surface area contributed by atoms with Gasteiger partial charge in [-0.3, -0.25) is 10.1 Å². The number of halogens is 1. The Bertz CT molecular complexity index is 1150. The molecule has 0 aliphatic heterocycles. The molecule has 0 amide bonds. The quantitative estimate of drug-likeness (QED) is 0.359. The van der Waals surface area contributed by atoms with Crippen molar-refractivity contribution in [1.82, 2.24) is 9.97 Å². The van der Waals surface area contributed by atoms with Crippen LogP contribution in [-0.4, -0.2) is 22.0 Å². The number of nitro benzene ring substituents is 1. The van der Waals surface area contributed by atoms with Gasteiger partial charge in [0.05, 0.1) is 22.2 Å². The third-order valence-corrected chi connectivity index (χ3v) is 5.25. The summed E-state index contributed by atoms with van der Waals surface area (Å²) in [6.45, 7) is 0. The number of non-ortho nitro benzene ring substituents is 1. The maximum atomic E-state index is 11.1. The Balaban J connectivity index is 1.60. The molecule has 2 aromatic carbocycles. The number of anilines is 4. The molecule has 1 aromatic heterocycles. The van der Waals surface area contributed by atoms with Crippen LogP contribution in [0, 0.1) is 10.1 Å². The van der Waals surface area contributed by atoms with E-state index in [1.54, 1.807) is 6.20 Å². The van der Waals surface area contributed by atoms with Gasteiger partial charge in [0.15, 0.2) is 0 Å². The van der Waals surface area contributed by atoms with Crippen molar-refractivity contribution in [2.45, 2.75) is 12.8 Å². The van der Waals surface area contributed by atoms with E-state index < -0.39 is 4.92 Å². The van der Waals surface area contributed by atoms with E-state index in [9.17, 15) is 10.1 Å². The molecule has 30 heavy (non-hydrogen) atoms. The van der Waals surface area contributed by atoms with Crippen molar-refractivity contribution in [3.05, 3.63) is 74.4 Å². The fraction of sp³-hybridized carbons (Fsp3) is 0.143. The Morgan fingerprint density at radius 1 is 1.20 bits per heavy atom. The Morgan fingerprint density at radius 2 is 2.07 bits per heavy atom. The zero-order valence-corrected chi connectivity index (χ0v) is 17.6. The second-order valence-electron chi connectivity index (χ2n) is 6.64. The van der Waals surface area contributed by atoms with Gasteiger partial charge in [0.1, 0.15) is 11.6 Å². The van der Waals surface area contributed by atoms with Crippen LogP contribution in [0.4, 0.5) is 28.8 Å². The number of ether oxygens (including phenoxy) is 1. The van der Waals surface area contributed by atoms with Crippen LogP contribution in [-0.2, 0) is 6.42 Å². The smallest absolute Gasteiger partial charge is 0.271 e. The molecule has 152 valence electrons. The van der Waals surface area contributed by atoms with Gasteiger partial charge in [0, 0.05) is 24.0 Å². The summed E-state index contributed by atoms with van der Waals surface area (Å²) in [5, 5.41) is 17.4. The number of hydrogen-bond acceptors (Lipinski definition) is 7. The first-order valence-electron chi connectivity index (χ1n) is 9.22. The highest BCUT2D eigenvalue weighted by Gasteiger charge is 2.14. The highest BCUT2D eigenvalue weighted by atomic mass is 79.9. The van der Waals surface area contributed by atoms with Gasteiger partial charge in [-0.1, -0.05) is 18.2 Å². The summed E-state index contributed by atoms with van der Waals surface area (Å²) in [6.07, 6.45) is 7.97. The Kier molecular flexibility index (Phi) is 5.62. The topological polar surface area (TPSA) is 102 Å². The number of fused-ring (bicyclic) bond motifs is 1. The van der Waals surface area contributed by atoms with Crippen molar-refractivity contribution >= 4 is 50.8 Å². The summed E-state index contributed by atoms with van der Waals surface area (Å²) in [7, 11) is 1.49. The Hall–Kier alpha value is -3.46. The van der Waals surface area contributed by atoms with E-state index in [0.29, 0.717) is 21.7 Å². The van der Waals surface area contributed by atoms with Gasteiger partial charge in [-0.25, -0.2) is 4.98 Å². The van der Waals surface area contributed by atoms with E-state index in [4.69, 9.17) is 4.74 Å². The summed E-state index contributed by atoms with van der Waals surface area (Å²) >= 11 is 3.47. The lowest BCUT2D eigenvalue weighted by molar-refractivity contribution is -0.384. The molecule has 0 saturated carbocycles. The molecule has 4 rings (SSSR count). The van der Waals surface area contributed by atoms with Crippen LogP contribution >= 0.6 is 15.9 Å². The second kappa shape index (κ2) is 8.50. The van der Waals surface area contributed by atoms with Crippen molar-refractivity contribution in [3.8, 4) is 5.75 Å². The lowest BCUT2D eigenvalue weighted by atomic mass is 9.97. The fourth-order valence-electron chi connectivity index (χ4n) is 3.19. The highest BCUT2D eigenvalue weighted by molar-refractivity contribution is 9.10. The molecule has 0 bridgehead atoms. The van der Waals surface area contributed by atoms with E-state index in [0.717, 1.165) is 18.5 Å². The van der Waals surface area contributed by atoms with E-state index >= 15 is 0 Å². The summed E-state index contributed by atoms with van der Waals surface area (Å²) in [6, 6.07) is 10.5. The Morgan fingerprint density at radius 3 is 2.87 bits per heavy atom. The molecule has 0 radical (unpaired) electrons. The molecule has 1 heterocycles. The van der Waals surface area contributed by atoms with Crippen LogP contribution in [0.5, 0.6) is 5.75 Å². The molecule has 1 aliphatic rings. The zero-order valence-electron chi connectivity index (χ0n) is 16.1. The first kappa shape index (κ1) is 19.8. The first-order chi connectivity index (χ1) is 14.5. The standard InChI is InChI=1S/C21H18BrN5O3/c1-30-19-9-8-16(27(28)29)11-18(19)25-21-23-12-17(22)20(26-21)24-15-7-6-13-4-2-3-5-14(13)10-15/h2,4,6-12H,3,5H2,1H3,(H2,23,24,25,26). The van der Waals surface area contributed by atoms with E-state index in [1.807, 2.05) is 6.07 Å². The number of nitrogens with one attached hydrogen (secondary N) is 2. The molecule has 0 spiro atoms. The van der Waals surface area contributed by atoms with Gasteiger partial charge >= 0.3 is 0 Å². The molecule has 0 unspecified atom stereocenters. The van der Waals surface area contributed by atoms with Gasteiger partial charge in [-0.2, -0.15) is 4.98 Å². The predicted molar refractivity (Wildman–Crippen MR) is 120 cm³/mol. The lowest BCUT2D eigenvalue weighted by Crippen LogP contribution is -2.04. The van der Waals surface area contributed by atoms with Crippen LogP contribution in [0.15, 0.2) is 53.1 Å². The predicted octanol–water partition coefficient (Wildman–Crippen LogP) is 5.60. The summed E-state index contributed by atoms with van der Waals surface area (Å²) in [5.74, 6) is 1.30. The number of hydrogen-bond donors (Lipinski definition) is 2. The molecule has 0 fully saturated rings. The number of allylic oxidation sites excluding steroid dienone is 1. The molecular weight excluding hydrogens is 450 g/mol. The summed E-state index contributed by atoms with van der Waals surface area (Å²) in [4.78, 5) is 19.4. The molecule has 8 nitrogen and oxygen atoms in total. The normalized spacial score (nSPS) is 12.2. The number of rotatable bonds is 6. The third kappa shape index (κ3) is 4.25. The SMILES string of the molecule is COc1ccc([N+](=O)[O-])cc1Nc1ncc(Br)c(Nc2ccc3c(c2)CCC=C3)n1. The largest absolute Gasteiger partial charge is 0.495 e. The number of benzene rings is 2. The minimum absolute atomic E-state index is 0.0585. The molecule has 1 aliphatic carbocycles. The summed E-state index contributed by atoms with van der Waals surface area (Å²) in [5.41, 5.74) is 3.78. The highest BCUT2D eigenvalue weighted by Crippen LogP contribution is 2.32. The van der Waals surface area contributed by atoms with Crippen molar-refractivity contribution < 1.29 is 9.66 Å². The first-order valence-corrected chi connectivity index (χ1v) is 10.0. The maximum Gasteiger partial charge on any atom is 0.271 e. The van der Waals surface area contributed by atoms with E-state index in [-0.39, 0.29) is 11.6 Å². The number of methoxy groups -OCH3 is 1. The fourth-order valence-corrected chi connectivity index (χ4v) is 3.48. The van der Waals surface area contributed by atoms with Crippen LogP contribution in [0.3, 0.4) is 0 Å².